The normalized spacial score (nSPS) is 12.9. The van der Waals surface area contributed by atoms with Crippen LogP contribution in [-0.4, -0.2) is 16.7 Å². The Morgan fingerprint density at radius 1 is 0.392 bits per heavy atom. The van der Waals surface area contributed by atoms with Gasteiger partial charge >= 0.3 is 0 Å². The Balaban J connectivity index is 1.00. The Hall–Kier alpha value is -5.62. The van der Waals surface area contributed by atoms with Gasteiger partial charge in [0.05, 0.1) is 5.52 Å². The Morgan fingerprint density at radius 3 is 1.53 bits per heavy atom. The third kappa shape index (κ3) is 4.62. The minimum atomic E-state index is 0.266. The van der Waals surface area contributed by atoms with E-state index in [0.717, 1.165) is 33.2 Å². The van der Waals surface area contributed by atoms with Crippen LogP contribution in [0, 0.1) is 0 Å². The molecule has 5 heteroatoms. The van der Waals surface area contributed by atoms with Crippen LogP contribution in [0.5, 0.6) is 0 Å². The minimum Gasteiger partial charge on any atom is -0.236 e. The van der Waals surface area contributed by atoms with Gasteiger partial charge in [0, 0.05) is 42.1 Å². The number of hydrogen-bond acceptors (Lipinski definition) is 4. The second-order valence-electron chi connectivity index (χ2n) is 13.3. The summed E-state index contributed by atoms with van der Waals surface area (Å²) in [5, 5.41) is 5.86. The summed E-state index contributed by atoms with van der Waals surface area (Å²) in [6.45, 7) is 0.266. The Kier molecular flexibility index (Phi) is 6.55. The van der Waals surface area contributed by atoms with Gasteiger partial charge in [-0.05, 0) is 80.3 Å². The van der Waals surface area contributed by atoms with Crippen molar-refractivity contribution in [2.75, 3.05) is 0 Å². The van der Waals surface area contributed by atoms with E-state index >= 15 is 0 Å². The van der Waals surface area contributed by atoms with Gasteiger partial charge in [-0.3, -0.25) is 0 Å². The second kappa shape index (κ2) is 11.5. The number of nitrogens with zero attached hydrogens (tertiary/aromatic N) is 2. The summed E-state index contributed by atoms with van der Waals surface area (Å²) < 4.78 is 0. The van der Waals surface area contributed by atoms with Gasteiger partial charge < -0.3 is 0 Å². The van der Waals surface area contributed by atoms with Gasteiger partial charge in [-0.2, -0.15) is 0 Å². The number of fused-ring (bicyclic) bond motifs is 10. The van der Waals surface area contributed by atoms with Crippen molar-refractivity contribution in [3.8, 4) is 33.6 Å². The maximum atomic E-state index is 5.21. The molecule has 0 N–H and O–H groups in total. The predicted octanol–water partition coefficient (Wildman–Crippen LogP) is 10.4. The maximum Gasteiger partial charge on any atom is 0.247 e. The standard InChI is InChI=1S/C46H27BN2S2/c1-2-17-35-33(15-1)34-16-3-4-18-36(34)45-37(35)27-48-46(49-45)31-14-10-12-29(24-31)28-11-9-13-30(23-28)32-25-42-44-43(26-32)51-41-22-8-6-20-39(41)47(44)38-19-5-7-21-40(38)50-42/h1-27H. The van der Waals surface area contributed by atoms with Crippen molar-refractivity contribution in [3.05, 3.63) is 164 Å². The third-order valence-corrected chi connectivity index (χ3v) is 12.7. The van der Waals surface area contributed by atoms with Crippen molar-refractivity contribution < 1.29 is 0 Å². The fourth-order valence-electron chi connectivity index (χ4n) is 8.08. The summed E-state index contributed by atoms with van der Waals surface area (Å²) in [6, 6.07) is 57.4. The fraction of sp³-hybridized carbons (Fsp3) is 0. The van der Waals surface area contributed by atoms with Gasteiger partial charge in [0.1, 0.15) is 0 Å². The number of benzene rings is 8. The van der Waals surface area contributed by atoms with E-state index in [1.165, 1.54) is 68.8 Å². The average Bonchev–Trinajstić information content (AvgIpc) is 3.20. The van der Waals surface area contributed by atoms with E-state index in [-0.39, 0.29) is 6.71 Å². The first-order valence-corrected chi connectivity index (χ1v) is 18.9. The molecule has 0 amide bonds. The zero-order valence-corrected chi connectivity index (χ0v) is 29.0. The maximum absolute atomic E-state index is 5.21. The van der Waals surface area contributed by atoms with Crippen LogP contribution in [0.4, 0.5) is 0 Å². The average molecular weight is 683 g/mol. The van der Waals surface area contributed by atoms with Crippen molar-refractivity contribution in [2.24, 2.45) is 0 Å². The van der Waals surface area contributed by atoms with E-state index in [4.69, 9.17) is 9.97 Å². The highest BCUT2D eigenvalue weighted by molar-refractivity contribution is 8.01. The van der Waals surface area contributed by atoms with Crippen LogP contribution < -0.4 is 16.4 Å². The molecule has 8 aromatic carbocycles. The molecule has 3 heterocycles. The highest BCUT2D eigenvalue weighted by Gasteiger charge is 2.38. The summed E-state index contributed by atoms with van der Waals surface area (Å²) in [7, 11) is 0. The van der Waals surface area contributed by atoms with Crippen LogP contribution in [0.2, 0.25) is 0 Å². The minimum absolute atomic E-state index is 0.266. The highest BCUT2D eigenvalue weighted by atomic mass is 32.2. The molecule has 0 radical (unpaired) electrons. The first-order valence-electron chi connectivity index (χ1n) is 17.3. The zero-order chi connectivity index (χ0) is 33.5. The van der Waals surface area contributed by atoms with E-state index in [0.29, 0.717) is 0 Å². The van der Waals surface area contributed by atoms with Gasteiger partial charge in [0.25, 0.3) is 0 Å². The topological polar surface area (TPSA) is 25.8 Å². The molecule has 2 aliphatic heterocycles. The molecule has 0 saturated carbocycles. The largest absolute Gasteiger partial charge is 0.247 e. The summed E-state index contributed by atoms with van der Waals surface area (Å²) in [4.78, 5) is 15.5. The molecule has 236 valence electrons. The van der Waals surface area contributed by atoms with Crippen molar-refractivity contribution in [2.45, 2.75) is 19.6 Å². The molecule has 2 aliphatic rings. The molecule has 9 aromatic rings. The number of hydrogen-bond donors (Lipinski definition) is 0. The van der Waals surface area contributed by atoms with E-state index in [2.05, 4.69) is 158 Å². The van der Waals surface area contributed by atoms with Crippen LogP contribution in [0.3, 0.4) is 0 Å². The van der Waals surface area contributed by atoms with E-state index in [9.17, 15) is 0 Å². The number of aromatic nitrogens is 2. The summed E-state index contributed by atoms with van der Waals surface area (Å²) in [5.74, 6) is 0.735. The molecule has 0 saturated heterocycles. The lowest BCUT2D eigenvalue weighted by molar-refractivity contribution is 1.23. The second-order valence-corrected chi connectivity index (χ2v) is 15.5. The van der Waals surface area contributed by atoms with Crippen LogP contribution >= 0.6 is 23.5 Å². The molecule has 0 atom stereocenters. The summed E-state index contributed by atoms with van der Waals surface area (Å²) in [5.41, 5.74) is 11.0. The first-order chi connectivity index (χ1) is 25.3. The number of rotatable bonds is 3. The zero-order valence-electron chi connectivity index (χ0n) is 27.4. The van der Waals surface area contributed by atoms with Crippen LogP contribution in [-0.2, 0) is 0 Å². The van der Waals surface area contributed by atoms with Crippen LogP contribution in [0.25, 0.3) is 66.1 Å². The van der Waals surface area contributed by atoms with E-state index in [1.807, 2.05) is 29.7 Å². The highest BCUT2D eigenvalue weighted by Crippen LogP contribution is 2.42. The molecule has 0 bridgehead atoms. The molecule has 0 unspecified atom stereocenters. The molecule has 11 rings (SSSR count). The molecule has 0 aliphatic carbocycles. The smallest absolute Gasteiger partial charge is 0.236 e. The van der Waals surface area contributed by atoms with Crippen molar-refractivity contribution in [1.29, 1.82) is 0 Å². The molecular formula is C46H27BN2S2. The SMILES string of the molecule is c1cc(-c2cccc(-c3ncc4c5ccccc5c5ccccc5c4n3)c2)cc(-c2cc3c4c(c2)Sc2ccccc2B4c2ccccc2S3)c1. The van der Waals surface area contributed by atoms with Gasteiger partial charge in [0.2, 0.25) is 6.71 Å². The molecule has 0 spiro atoms. The third-order valence-electron chi connectivity index (χ3n) is 10.4. The van der Waals surface area contributed by atoms with Gasteiger partial charge in [-0.15, -0.1) is 0 Å². The Labute approximate surface area is 304 Å². The molecule has 2 nitrogen and oxygen atoms in total. The molecule has 51 heavy (non-hydrogen) atoms. The summed E-state index contributed by atoms with van der Waals surface area (Å²) >= 11 is 3.82. The van der Waals surface area contributed by atoms with Gasteiger partial charge in [-0.1, -0.05) is 156 Å². The molecule has 0 fully saturated rings. The van der Waals surface area contributed by atoms with Crippen LogP contribution in [0.1, 0.15) is 0 Å². The Morgan fingerprint density at radius 2 is 0.882 bits per heavy atom. The monoisotopic (exact) mass is 682 g/mol. The predicted molar refractivity (Wildman–Crippen MR) is 217 cm³/mol. The fourth-order valence-corrected chi connectivity index (χ4v) is 10.6. The van der Waals surface area contributed by atoms with Crippen molar-refractivity contribution in [3.63, 3.8) is 0 Å². The van der Waals surface area contributed by atoms with Crippen molar-refractivity contribution in [1.82, 2.24) is 9.97 Å². The van der Waals surface area contributed by atoms with E-state index < -0.39 is 0 Å². The lowest BCUT2D eigenvalue weighted by Crippen LogP contribution is -2.57. The van der Waals surface area contributed by atoms with Gasteiger partial charge in [0.15, 0.2) is 5.82 Å². The first kappa shape index (κ1) is 29.1. The molecular weight excluding hydrogens is 655 g/mol. The van der Waals surface area contributed by atoms with Gasteiger partial charge in [-0.25, -0.2) is 9.97 Å². The summed E-state index contributed by atoms with van der Waals surface area (Å²) in [6.07, 6.45) is 2.00. The lowest BCUT2D eigenvalue weighted by atomic mass is 9.36. The van der Waals surface area contributed by atoms with Crippen molar-refractivity contribution >= 4 is 79.1 Å². The van der Waals surface area contributed by atoms with E-state index in [1.54, 1.807) is 0 Å². The quantitative estimate of drug-likeness (QED) is 0.137. The van der Waals surface area contributed by atoms with Crippen LogP contribution in [0.15, 0.2) is 184 Å². The Bertz CT molecular complexity index is 2800. The lowest BCUT2D eigenvalue weighted by Gasteiger charge is -2.33. The molecule has 1 aromatic heterocycles.